The van der Waals surface area contributed by atoms with E-state index in [4.69, 9.17) is 19.9 Å². The molecule has 2 aromatic carbocycles. The molecule has 0 spiro atoms. The molecule has 21 heavy (non-hydrogen) atoms. The van der Waals surface area contributed by atoms with Gasteiger partial charge in [0.25, 0.3) is 0 Å². The summed E-state index contributed by atoms with van der Waals surface area (Å²) >= 11 is 6.92. The van der Waals surface area contributed by atoms with Crippen LogP contribution in [0, 0.1) is 0 Å². The molecule has 4 nitrogen and oxygen atoms in total. The third kappa shape index (κ3) is 3.70. The van der Waals surface area contributed by atoms with E-state index < -0.39 is 0 Å². The molecule has 0 saturated heterocycles. The lowest BCUT2D eigenvalue weighted by Gasteiger charge is -2.14. The molecule has 112 valence electrons. The fourth-order valence-electron chi connectivity index (χ4n) is 1.79. The Morgan fingerprint density at radius 1 is 0.905 bits per heavy atom. The van der Waals surface area contributed by atoms with Crippen molar-refractivity contribution in [3.63, 3.8) is 0 Å². The van der Waals surface area contributed by atoms with Gasteiger partial charge in [0.2, 0.25) is 0 Å². The zero-order valence-corrected chi connectivity index (χ0v) is 14.8. The van der Waals surface area contributed by atoms with Gasteiger partial charge in [-0.05, 0) is 50.1 Å². The topological polar surface area (TPSA) is 53.7 Å². The van der Waals surface area contributed by atoms with Crippen molar-refractivity contribution >= 4 is 31.9 Å². The van der Waals surface area contributed by atoms with Crippen LogP contribution >= 0.6 is 31.9 Å². The quantitative estimate of drug-likeness (QED) is 0.780. The van der Waals surface area contributed by atoms with E-state index in [9.17, 15) is 0 Å². The second-order valence-corrected chi connectivity index (χ2v) is 5.91. The average Bonchev–Trinajstić information content (AvgIpc) is 2.50. The zero-order chi connectivity index (χ0) is 15.4. The largest absolute Gasteiger partial charge is 0.497 e. The van der Waals surface area contributed by atoms with Crippen LogP contribution < -0.4 is 19.9 Å². The highest BCUT2D eigenvalue weighted by atomic mass is 79.9. The number of rotatable bonds is 5. The molecule has 0 aliphatic rings. The van der Waals surface area contributed by atoms with Crippen molar-refractivity contribution in [1.29, 1.82) is 0 Å². The molecule has 0 unspecified atom stereocenters. The monoisotopic (exact) mass is 415 g/mol. The van der Waals surface area contributed by atoms with Crippen LogP contribution in [0.15, 0.2) is 39.3 Å². The normalized spacial score (nSPS) is 10.3. The summed E-state index contributed by atoms with van der Waals surface area (Å²) in [5.41, 5.74) is 6.65. The van der Waals surface area contributed by atoms with Gasteiger partial charge in [0.05, 0.1) is 23.2 Å². The molecule has 6 heteroatoms. The Morgan fingerprint density at radius 3 is 2.19 bits per heavy atom. The van der Waals surface area contributed by atoms with Crippen molar-refractivity contribution in [1.82, 2.24) is 0 Å². The first kappa shape index (κ1) is 16.1. The molecule has 2 rings (SSSR count). The van der Waals surface area contributed by atoms with Gasteiger partial charge < -0.3 is 19.9 Å². The van der Waals surface area contributed by atoms with Crippen molar-refractivity contribution in [2.45, 2.75) is 6.54 Å². The van der Waals surface area contributed by atoms with E-state index in [2.05, 4.69) is 31.9 Å². The highest BCUT2D eigenvalue weighted by molar-refractivity contribution is 9.11. The zero-order valence-electron chi connectivity index (χ0n) is 11.7. The summed E-state index contributed by atoms with van der Waals surface area (Å²) in [5.74, 6) is 2.75. The number of methoxy groups -OCH3 is 2. The van der Waals surface area contributed by atoms with Gasteiger partial charge in [-0.15, -0.1) is 0 Å². The van der Waals surface area contributed by atoms with Gasteiger partial charge in [0, 0.05) is 18.2 Å². The number of halogens is 2. The standard InChI is InChI=1S/C15H15Br2NO3/c1-19-10-4-3-9(8-18)13(5-10)21-15-7-11(16)14(20-2)6-12(15)17/h3-7H,8,18H2,1-2H3. The van der Waals surface area contributed by atoms with E-state index in [-0.39, 0.29) is 0 Å². The number of hydrogen-bond acceptors (Lipinski definition) is 4. The fourth-order valence-corrected chi connectivity index (χ4v) is 2.68. The molecule has 0 saturated carbocycles. The molecule has 0 atom stereocenters. The SMILES string of the molecule is COc1ccc(CN)c(Oc2cc(Br)c(OC)cc2Br)c1. The van der Waals surface area contributed by atoms with E-state index in [1.165, 1.54) is 0 Å². The van der Waals surface area contributed by atoms with Gasteiger partial charge in [-0.25, -0.2) is 0 Å². The summed E-state index contributed by atoms with van der Waals surface area (Å²) in [4.78, 5) is 0. The molecular weight excluding hydrogens is 402 g/mol. The molecule has 0 radical (unpaired) electrons. The summed E-state index contributed by atoms with van der Waals surface area (Å²) in [5, 5.41) is 0. The fraction of sp³-hybridized carbons (Fsp3) is 0.200. The predicted molar refractivity (Wildman–Crippen MR) is 89.4 cm³/mol. The molecule has 2 N–H and O–H groups in total. The molecular formula is C15H15Br2NO3. The Kier molecular flexibility index (Phi) is 5.50. The Labute approximate surface area is 140 Å². The van der Waals surface area contributed by atoms with Gasteiger partial charge >= 0.3 is 0 Å². The second-order valence-electron chi connectivity index (χ2n) is 4.20. The van der Waals surface area contributed by atoms with Crippen LogP contribution in [-0.2, 0) is 6.54 Å². The Bertz CT molecular complexity index is 647. The maximum atomic E-state index is 5.96. The minimum absolute atomic E-state index is 0.383. The van der Waals surface area contributed by atoms with Crippen molar-refractivity contribution in [3.8, 4) is 23.0 Å². The van der Waals surface area contributed by atoms with Crippen molar-refractivity contribution in [2.75, 3.05) is 14.2 Å². The molecule has 0 aliphatic heterocycles. The molecule has 2 aromatic rings. The van der Waals surface area contributed by atoms with E-state index in [1.54, 1.807) is 14.2 Å². The number of nitrogens with two attached hydrogens (primary N) is 1. The van der Waals surface area contributed by atoms with Crippen molar-refractivity contribution in [2.24, 2.45) is 5.73 Å². The summed E-state index contributed by atoms with van der Waals surface area (Å²) in [6.07, 6.45) is 0. The van der Waals surface area contributed by atoms with Crippen LogP contribution in [0.1, 0.15) is 5.56 Å². The third-order valence-electron chi connectivity index (χ3n) is 2.92. The van der Waals surface area contributed by atoms with Crippen molar-refractivity contribution in [3.05, 3.63) is 44.8 Å². The Hall–Kier alpha value is -1.24. The minimum Gasteiger partial charge on any atom is -0.497 e. The number of hydrogen-bond donors (Lipinski definition) is 1. The van der Waals surface area contributed by atoms with E-state index in [0.717, 1.165) is 20.3 Å². The van der Waals surface area contributed by atoms with Crippen LogP contribution in [0.25, 0.3) is 0 Å². The smallest absolute Gasteiger partial charge is 0.143 e. The maximum Gasteiger partial charge on any atom is 0.143 e. The average molecular weight is 417 g/mol. The van der Waals surface area contributed by atoms with Crippen LogP contribution in [0.4, 0.5) is 0 Å². The highest BCUT2D eigenvalue weighted by Gasteiger charge is 2.12. The van der Waals surface area contributed by atoms with E-state index in [1.807, 2.05) is 30.3 Å². The highest BCUT2D eigenvalue weighted by Crippen LogP contribution is 2.39. The van der Waals surface area contributed by atoms with Crippen LogP contribution in [0.2, 0.25) is 0 Å². The summed E-state index contributed by atoms with van der Waals surface area (Å²) in [7, 11) is 3.22. The molecule has 0 aliphatic carbocycles. The van der Waals surface area contributed by atoms with Gasteiger partial charge in [-0.3, -0.25) is 0 Å². The molecule has 0 heterocycles. The van der Waals surface area contributed by atoms with Gasteiger partial charge in [-0.1, -0.05) is 6.07 Å². The first-order valence-electron chi connectivity index (χ1n) is 6.17. The first-order valence-corrected chi connectivity index (χ1v) is 7.75. The van der Waals surface area contributed by atoms with Crippen LogP contribution in [0.5, 0.6) is 23.0 Å². The van der Waals surface area contributed by atoms with Gasteiger partial charge in [0.15, 0.2) is 0 Å². The lowest BCUT2D eigenvalue weighted by Crippen LogP contribution is -2.00. The molecule has 0 fully saturated rings. The summed E-state index contributed by atoms with van der Waals surface area (Å²) in [6.45, 7) is 0.383. The Balaban J connectivity index is 2.40. The third-order valence-corrected chi connectivity index (χ3v) is 4.16. The van der Waals surface area contributed by atoms with E-state index in [0.29, 0.717) is 23.8 Å². The number of benzene rings is 2. The predicted octanol–water partition coefficient (Wildman–Crippen LogP) is 4.48. The van der Waals surface area contributed by atoms with Crippen LogP contribution in [-0.4, -0.2) is 14.2 Å². The summed E-state index contributed by atoms with van der Waals surface area (Å²) < 4.78 is 18.0. The summed E-state index contributed by atoms with van der Waals surface area (Å²) in [6, 6.07) is 9.23. The molecule has 0 bridgehead atoms. The van der Waals surface area contributed by atoms with Crippen molar-refractivity contribution < 1.29 is 14.2 Å². The lowest BCUT2D eigenvalue weighted by molar-refractivity contribution is 0.404. The van der Waals surface area contributed by atoms with E-state index >= 15 is 0 Å². The maximum absolute atomic E-state index is 5.96. The minimum atomic E-state index is 0.383. The van der Waals surface area contributed by atoms with Crippen LogP contribution in [0.3, 0.4) is 0 Å². The number of ether oxygens (including phenoxy) is 3. The molecule has 0 aromatic heterocycles. The van der Waals surface area contributed by atoms with Gasteiger partial charge in [-0.2, -0.15) is 0 Å². The molecule has 0 amide bonds. The Morgan fingerprint density at radius 2 is 1.57 bits per heavy atom. The second kappa shape index (κ2) is 7.15. The van der Waals surface area contributed by atoms with Gasteiger partial charge in [0.1, 0.15) is 23.0 Å². The first-order chi connectivity index (χ1) is 10.1. The lowest BCUT2D eigenvalue weighted by atomic mass is 10.2.